The number of rotatable bonds is 7. The van der Waals surface area contributed by atoms with Gasteiger partial charge in [0.05, 0.1) is 10.7 Å². The summed E-state index contributed by atoms with van der Waals surface area (Å²) in [6.45, 7) is 6.31. The molecule has 0 unspecified atom stereocenters. The van der Waals surface area contributed by atoms with Crippen molar-refractivity contribution in [2.45, 2.75) is 19.9 Å². The Hall–Kier alpha value is -2.73. The summed E-state index contributed by atoms with van der Waals surface area (Å²) in [6.07, 6.45) is 0. The number of piperazine rings is 1. The van der Waals surface area contributed by atoms with Crippen molar-refractivity contribution in [3.8, 4) is 5.75 Å². The highest BCUT2D eigenvalue weighted by Crippen LogP contribution is 2.26. The third kappa shape index (κ3) is 5.66. The molecule has 7 heteroatoms. The number of ether oxygens (including phenoxy) is 1. The quantitative estimate of drug-likeness (QED) is 0.734. The first-order valence-corrected chi connectivity index (χ1v) is 10.6. The van der Waals surface area contributed by atoms with E-state index in [2.05, 4.69) is 10.2 Å². The number of hydrogen-bond donors (Lipinski definition) is 1. The fraction of sp³-hybridized carbons (Fsp3) is 0.391. The van der Waals surface area contributed by atoms with Crippen LogP contribution in [-0.2, 0) is 9.59 Å². The lowest BCUT2D eigenvalue weighted by molar-refractivity contribution is -0.138. The van der Waals surface area contributed by atoms with Gasteiger partial charge in [0.25, 0.3) is 5.91 Å². The first-order valence-electron chi connectivity index (χ1n) is 10.2. The maximum atomic E-state index is 13.1. The Bertz CT molecular complexity index is 852. The predicted molar refractivity (Wildman–Crippen MR) is 119 cm³/mol. The van der Waals surface area contributed by atoms with E-state index >= 15 is 0 Å². The number of nitrogens with one attached hydrogen (secondary N) is 1. The maximum absolute atomic E-state index is 13.1. The maximum Gasteiger partial charge on any atom is 0.258 e. The van der Waals surface area contributed by atoms with Crippen LogP contribution in [0, 0.1) is 5.92 Å². The molecule has 1 fully saturated rings. The van der Waals surface area contributed by atoms with Crippen molar-refractivity contribution in [1.29, 1.82) is 0 Å². The van der Waals surface area contributed by atoms with E-state index in [1.54, 1.807) is 12.1 Å². The fourth-order valence-electron chi connectivity index (χ4n) is 3.47. The van der Waals surface area contributed by atoms with E-state index in [4.69, 9.17) is 16.3 Å². The first kappa shape index (κ1) is 22.0. The van der Waals surface area contributed by atoms with Gasteiger partial charge in [-0.1, -0.05) is 55.8 Å². The lowest BCUT2D eigenvalue weighted by Crippen LogP contribution is -2.57. The van der Waals surface area contributed by atoms with Crippen molar-refractivity contribution in [2.24, 2.45) is 5.92 Å². The topological polar surface area (TPSA) is 61.9 Å². The van der Waals surface area contributed by atoms with Gasteiger partial charge in [-0.3, -0.25) is 9.59 Å². The van der Waals surface area contributed by atoms with Crippen molar-refractivity contribution in [3.05, 3.63) is 59.6 Å². The van der Waals surface area contributed by atoms with Gasteiger partial charge in [0.2, 0.25) is 5.91 Å². The summed E-state index contributed by atoms with van der Waals surface area (Å²) in [5.74, 6) is 0.230. The Kier molecular flexibility index (Phi) is 7.57. The normalized spacial score (nSPS) is 15.1. The van der Waals surface area contributed by atoms with Crippen LogP contribution in [0.25, 0.3) is 0 Å². The van der Waals surface area contributed by atoms with Crippen molar-refractivity contribution in [2.75, 3.05) is 37.7 Å². The number of carbonyl (C=O) groups excluding carboxylic acids is 2. The van der Waals surface area contributed by atoms with Crippen molar-refractivity contribution in [3.63, 3.8) is 0 Å². The molecule has 0 saturated carbocycles. The number of para-hydroxylation sites is 2. The summed E-state index contributed by atoms with van der Waals surface area (Å²) in [6, 6.07) is 16.3. The third-order valence-electron chi connectivity index (χ3n) is 5.15. The highest BCUT2D eigenvalue weighted by atomic mass is 35.5. The zero-order valence-electron chi connectivity index (χ0n) is 17.4. The number of carbonyl (C=O) groups is 2. The van der Waals surface area contributed by atoms with E-state index in [9.17, 15) is 9.59 Å². The number of benzene rings is 2. The Morgan fingerprint density at radius 1 is 1.00 bits per heavy atom. The molecule has 2 aromatic rings. The average Bonchev–Trinajstić information content (AvgIpc) is 2.76. The molecule has 1 heterocycles. The molecule has 0 aliphatic carbocycles. The zero-order valence-corrected chi connectivity index (χ0v) is 18.1. The van der Waals surface area contributed by atoms with Gasteiger partial charge in [-0.05, 0) is 30.2 Å². The third-order valence-corrected chi connectivity index (χ3v) is 5.47. The molecule has 1 N–H and O–H groups in total. The molecule has 1 saturated heterocycles. The smallest absolute Gasteiger partial charge is 0.258 e. The SMILES string of the molecule is CC(C)[C@H](NC(=O)COc1ccccc1)C(=O)N1CCN(c2ccccc2Cl)CC1. The summed E-state index contributed by atoms with van der Waals surface area (Å²) in [5, 5.41) is 3.56. The molecular weight excluding hydrogens is 402 g/mol. The Morgan fingerprint density at radius 2 is 1.63 bits per heavy atom. The zero-order chi connectivity index (χ0) is 21.5. The first-order chi connectivity index (χ1) is 14.5. The van der Waals surface area contributed by atoms with Gasteiger partial charge in [-0.2, -0.15) is 0 Å². The Labute approximate surface area is 182 Å². The number of halogens is 1. The molecule has 1 atom stereocenters. The van der Waals surface area contributed by atoms with E-state index in [-0.39, 0.29) is 24.3 Å². The number of amides is 2. The molecule has 0 spiro atoms. The number of anilines is 1. The number of nitrogens with zero attached hydrogens (tertiary/aromatic N) is 2. The van der Waals surface area contributed by atoms with Gasteiger partial charge in [-0.25, -0.2) is 0 Å². The van der Waals surface area contributed by atoms with Gasteiger partial charge in [0.15, 0.2) is 6.61 Å². The highest BCUT2D eigenvalue weighted by molar-refractivity contribution is 6.33. The minimum absolute atomic E-state index is 0.0280. The molecule has 2 aromatic carbocycles. The summed E-state index contributed by atoms with van der Waals surface area (Å²) < 4.78 is 5.49. The molecule has 0 bridgehead atoms. The van der Waals surface area contributed by atoms with Gasteiger partial charge >= 0.3 is 0 Å². The van der Waals surface area contributed by atoms with E-state index in [0.717, 1.165) is 5.69 Å². The van der Waals surface area contributed by atoms with Crippen LogP contribution in [0.3, 0.4) is 0 Å². The summed E-state index contributed by atoms with van der Waals surface area (Å²) >= 11 is 6.30. The minimum atomic E-state index is -0.580. The molecule has 160 valence electrons. The average molecular weight is 430 g/mol. The van der Waals surface area contributed by atoms with Crippen LogP contribution in [0.1, 0.15) is 13.8 Å². The van der Waals surface area contributed by atoms with Crippen molar-refractivity contribution < 1.29 is 14.3 Å². The molecule has 30 heavy (non-hydrogen) atoms. The second-order valence-electron chi connectivity index (χ2n) is 7.65. The van der Waals surface area contributed by atoms with Crippen LogP contribution in [0.15, 0.2) is 54.6 Å². The van der Waals surface area contributed by atoms with Gasteiger partial charge in [-0.15, -0.1) is 0 Å². The monoisotopic (exact) mass is 429 g/mol. The molecule has 0 aromatic heterocycles. The Balaban J connectivity index is 1.54. The van der Waals surface area contributed by atoms with Gasteiger partial charge in [0.1, 0.15) is 11.8 Å². The molecule has 0 radical (unpaired) electrons. The summed E-state index contributed by atoms with van der Waals surface area (Å²) in [5.41, 5.74) is 0.984. The van der Waals surface area contributed by atoms with E-state index in [1.165, 1.54) is 0 Å². The largest absolute Gasteiger partial charge is 0.484 e. The second-order valence-corrected chi connectivity index (χ2v) is 8.06. The van der Waals surface area contributed by atoms with Crippen LogP contribution in [-0.4, -0.2) is 55.5 Å². The number of hydrogen-bond acceptors (Lipinski definition) is 4. The second kappa shape index (κ2) is 10.3. The lowest BCUT2D eigenvalue weighted by atomic mass is 10.0. The van der Waals surface area contributed by atoms with E-state index in [0.29, 0.717) is 37.0 Å². The lowest BCUT2D eigenvalue weighted by Gasteiger charge is -2.38. The van der Waals surface area contributed by atoms with Crippen LogP contribution in [0.4, 0.5) is 5.69 Å². The van der Waals surface area contributed by atoms with Gasteiger partial charge in [0, 0.05) is 26.2 Å². The minimum Gasteiger partial charge on any atom is -0.484 e. The molecule has 2 amide bonds. The Morgan fingerprint density at radius 3 is 2.27 bits per heavy atom. The van der Waals surface area contributed by atoms with Crippen LogP contribution in [0.5, 0.6) is 5.75 Å². The highest BCUT2D eigenvalue weighted by Gasteiger charge is 2.31. The van der Waals surface area contributed by atoms with E-state index < -0.39 is 6.04 Å². The van der Waals surface area contributed by atoms with Crippen molar-refractivity contribution in [1.82, 2.24) is 10.2 Å². The summed E-state index contributed by atoms with van der Waals surface area (Å²) in [4.78, 5) is 29.4. The van der Waals surface area contributed by atoms with Gasteiger partial charge < -0.3 is 19.9 Å². The fourth-order valence-corrected chi connectivity index (χ4v) is 3.72. The van der Waals surface area contributed by atoms with Crippen molar-refractivity contribution >= 4 is 29.1 Å². The van der Waals surface area contributed by atoms with Crippen LogP contribution < -0.4 is 15.0 Å². The molecular formula is C23H28ClN3O3. The van der Waals surface area contributed by atoms with Crippen LogP contribution >= 0.6 is 11.6 Å². The molecule has 1 aliphatic rings. The van der Waals surface area contributed by atoms with E-state index in [1.807, 2.05) is 61.2 Å². The van der Waals surface area contributed by atoms with Crippen LogP contribution in [0.2, 0.25) is 5.02 Å². The molecule has 6 nitrogen and oxygen atoms in total. The predicted octanol–water partition coefficient (Wildman–Crippen LogP) is 3.21. The molecule has 1 aliphatic heterocycles. The molecule has 3 rings (SSSR count). The standard InChI is InChI=1S/C23H28ClN3O3/c1-17(2)22(25-21(28)16-30-18-8-4-3-5-9-18)23(29)27-14-12-26(13-15-27)20-11-7-6-10-19(20)24/h3-11,17,22H,12-16H2,1-2H3,(H,25,28)/t22-/m0/s1. The summed E-state index contributed by atoms with van der Waals surface area (Å²) in [7, 11) is 0.